The van der Waals surface area contributed by atoms with Crippen LogP contribution >= 0.6 is 0 Å². The number of nitrogens with zero attached hydrogens (tertiary/aromatic N) is 1. The van der Waals surface area contributed by atoms with Crippen LogP contribution in [0.15, 0.2) is 24.3 Å². The Labute approximate surface area is 119 Å². The SMILES string of the molecule is O=[N+]([O-])c1ccc(O[C@H]2O[C@@H](CO)[C@H](O)[C@@H](O)[C@H]2O)cc1. The van der Waals surface area contributed by atoms with E-state index in [9.17, 15) is 25.4 Å². The summed E-state index contributed by atoms with van der Waals surface area (Å²) in [6.07, 6.45) is -6.94. The summed E-state index contributed by atoms with van der Waals surface area (Å²) < 4.78 is 10.4. The Kier molecular flexibility index (Phi) is 4.70. The van der Waals surface area contributed by atoms with Gasteiger partial charge in [-0.1, -0.05) is 0 Å². The summed E-state index contributed by atoms with van der Waals surface area (Å²) >= 11 is 0. The first kappa shape index (κ1) is 15.6. The fraction of sp³-hybridized carbons (Fsp3) is 0.500. The van der Waals surface area contributed by atoms with Gasteiger partial charge in [0.05, 0.1) is 11.5 Å². The van der Waals surface area contributed by atoms with Crippen molar-refractivity contribution < 1.29 is 34.8 Å². The molecule has 116 valence electrons. The summed E-state index contributed by atoms with van der Waals surface area (Å²) in [4.78, 5) is 9.95. The zero-order chi connectivity index (χ0) is 15.6. The van der Waals surface area contributed by atoms with Crippen LogP contribution in [-0.4, -0.2) is 62.7 Å². The van der Waals surface area contributed by atoms with E-state index in [1.807, 2.05) is 0 Å². The Balaban J connectivity index is 2.08. The second kappa shape index (κ2) is 6.33. The molecule has 21 heavy (non-hydrogen) atoms. The third kappa shape index (κ3) is 3.28. The number of nitro groups is 1. The third-order valence-electron chi connectivity index (χ3n) is 3.15. The van der Waals surface area contributed by atoms with Crippen molar-refractivity contribution in [3.63, 3.8) is 0 Å². The lowest BCUT2D eigenvalue weighted by Gasteiger charge is -2.39. The molecular formula is C12H15NO8. The van der Waals surface area contributed by atoms with Gasteiger partial charge < -0.3 is 29.9 Å². The maximum absolute atomic E-state index is 10.5. The van der Waals surface area contributed by atoms with Gasteiger partial charge in [0.15, 0.2) is 0 Å². The molecule has 2 rings (SSSR count). The van der Waals surface area contributed by atoms with Crippen LogP contribution in [0, 0.1) is 10.1 Å². The second-order valence-electron chi connectivity index (χ2n) is 4.57. The van der Waals surface area contributed by atoms with Crippen molar-refractivity contribution >= 4 is 5.69 Å². The van der Waals surface area contributed by atoms with Gasteiger partial charge in [-0.25, -0.2) is 0 Å². The molecule has 0 radical (unpaired) electrons. The largest absolute Gasteiger partial charge is 0.462 e. The minimum absolute atomic E-state index is 0.129. The molecule has 9 heteroatoms. The van der Waals surface area contributed by atoms with E-state index in [0.29, 0.717) is 0 Å². The molecule has 0 bridgehead atoms. The molecule has 1 heterocycles. The molecule has 1 fully saturated rings. The van der Waals surface area contributed by atoms with E-state index >= 15 is 0 Å². The van der Waals surface area contributed by atoms with Crippen LogP contribution in [-0.2, 0) is 4.74 Å². The molecule has 0 amide bonds. The molecule has 1 aromatic carbocycles. The van der Waals surface area contributed by atoms with Gasteiger partial charge in [-0.3, -0.25) is 10.1 Å². The zero-order valence-electron chi connectivity index (χ0n) is 10.8. The monoisotopic (exact) mass is 301 g/mol. The molecule has 5 atom stereocenters. The van der Waals surface area contributed by atoms with Gasteiger partial charge in [0.1, 0.15) is 30.2 Å². The molecule has 9 nitrogen and oxygen atoms in total. The molecule has 0 spiro atoms. The van der Waals surface area contributed by atoms with Gasteiger partial charge in [-0.05, 0) is 12.1 Å². The predicted octanol–water partition coefficient (Wildman–Crippen LogP) is -1.23. The van der Waals surface area contributed by atoms with Gasteiger partial charge in [-0.15, -0.1) is 0 Å². The van der Waals surface area contributed by atoms with E-state index < -0.39 is 42.2 Å². The fourth-order valence-corrected chi connectivity index (χ4v) is 1.95. The smallest absolute Gasteiger partial charge is 0.269 e. The van der Waals surface area contributed by atoms with E-state index in [4.69, 9.17) is 14.6 Å². The molecule has 0 unspecified atom stereocenters. The van der Waals surface area contributed by atoms with Gasteiger partial charge in [0.25, 0.3) is 5.69 Å². The summed E-state index contributed by atoms with van der Waals surface area (Å²) in [6, 6.07) is 5.03. The molecule has 1 aliphatic rings. The summed E-state index contributed by atoms with van der Waals surface area (Å²) in [5.74, 6) is 0.171. The highest BCUT2D eigenvalue weighted by molar-refractivity contribution is 5.36. The number of nitro benzene ring substituents is 1. The summed E-state index contributed by atoms with van der Waals surface area (Å²) in [5, 5.41) is 48.6. The zero-order valence-corrected chi connectivity index (χ0v) is 10.8. The minimum Gasteiger partial charge on any atom is -0.462 e. The van der Waals surface area contributed by atoms with Crippen molar-refractivity contribution in [1.29, 1.82) is 0 Å². The molecule has 0 aliphatic carbocycles. The van der Waals surface area contributed by atoms with Crippen LogP contribution in [0.5, 0.6) is 5.75 Å². The van der Waals surface area contributed by atoms with Crippen molar-refractivity contribution in [2.75, 3.05) is 6.61 Å². The van der Waals surface area contributed by atoms with Crippen LogP contribution in [0.1, 0.15) is 0 Å². The number of aliphatic hydroxyl groups excluding tert-OH is 4. The van der Waals surface area contributed by atoms with Crippen molar-refractivity contribution in [2.45, 2.75) is 30.7 Å². The molecule has 1 saturated heterocycles. The van der Waals surface area contributed by atoms with Gasteiger partial charge in [0, 0.05) is 12.1 Å². The first-order valence-corrected chi connectivity index (χ1v) is 6.15. The fourth-order valence-electron chi connectivity index (χ4n) is 1.95. The summed E-state index contributed by atoms with van der Waals surface area (Å²) in [6.45, 7) is -0.564. The van der Waals surface area contributed by atoms with E-state index in [-0.39, 0.29) is 11.4 Å². The van der Waals surface area contributed by atoms with Crippen LogP contribution in [0.3, 0.4) is 0 Å². The lowest BCUT2D eigenvalue weighted by Crippen LogP contribution is -2.60. The maximum Gasteiger partial charge on any atom is 0.269 e. The number of ether oxygens (including phenoxy) is 2. The number of aliphatic hydroxyl groups is 4. The Morgan fingerprint density at radius 3 is 2.29 bits per heavy atom. The van der Waals surface area contributed by atoms with Crippen molar-refractivity contribution in [2.24, 2.45) is 0 Å². The first-order chi connectivity index (χ1) is 9.93. The van der Waals surface area contributed by atoms with Gasteiger partial charge in [0.2, 0.25) is 6.29 Å². The van der Waals surface area contributed by atoms with Crippen molar-refractivity contribution in [3.05, 3.63) is 34.4 Å². The predicted molar refractivity (Wildman–Crippen MR) is 67.5 cm³/mol. The van der Waals surface area contributed by atoms with Crippen molar-refractivity contribution in [3.8, 4) is 5.75 Å². The van der Waals surface area contributed by atoms with E-state index in [1.54, 1.807) is 0 Å². The molecule has 0 saturated carbocycles. The van der Waals surface area contributed by atoms with E-state index in [0.717, 1.165) is 0 Å². The van der Waals surface area contributed by atoms with E-state index in [2.05, 4.69) is 0 Å². The maximum atomic E-state index is 10.5. The lowest BCUT2D eigenvalue weighted by molar-refractivity contribution is -0.384. The first-order valence-electron chi connectivity index (χ1n) is 6.15. The topological polar surface area (TPSA) is 143 Å². The minimum atomic E-state index is -1.54. The van der Waals surface area contributed by atoms with Crippen LogP contribution in [0.2, 0.25) is 0 Å². The highest BCUT2D eigenvalue weighted by Gasteiger charge is 2.44. The summed E-state index contributed by atoms with van der Waals surface area (Å²) in [7, 11) is 0. The molecule has 1 aromatic rings. The van der Waals surface area contributed by atoms with Crippen molar-refractivity contribution in [1.82, 2.24) is 0 Å². The molecule has 1 aliphatic heterocycles. The highest BCUT2D eigenvalue weighted by atomic mass is 16.7. The third-order valence-corrected chi connectivity index (χ3v) is 3.15. The molecule has 0 aromatic heterocycles. The lowest BCUT2D eigenvalue weighted by atomic mass is 9.99. The van der Waals surface area contributed by atoms with Crippen LogP contribution in [0.25, 0.3) is 0 Å². The normalized spacial score (nSPS) is 32.7. The average molecular weight is 301 g/mol. The number of rotatable bonds is 4. The van der Waals surface area contributed by atoms with Gasteiger partial charge >= 0.3 is 0 Å². The van der Waals surface area contributed by atoms with Crippen LogP contribution in [0.4, 0.5) is 5.69 Å². The number of hydrogen-bond acceptors (Lipinski definition) is 8. The van der Waals surface area contributed by atoms with Gasteiger partial charge in [-0.2, -0.15) is 0 Å². The average Bonchev–Trinajstić information content (AvgIpc) is 2.48. The Bertz CT molecular complexity index is 491. The molecule has 4 N–H and O–H groups in total. The standard InChI is InChI=1S/C12H15NO8/c14-5-8-9(15)10(16)11(17)12(21-8)20-7-3-1-6(2-4-7)13(18)19/h1-4,8-12,14-17H,5H2/t8-,9-,10+,11+,12-/m0/s1. The molecular weight excluding hydrogens is 286 g/mol. The quantitative estimate of drug-likeness (QED) is 0.400. The highest BCUT2D eigenvalue weighted by Crippen LogP contribution is 2.25. The number of benzene rings is 1. The second-order valence-corrected chi connectivity index (χ2v) is 4.57. The Morgan fingerprint density at radius 1 is 1.14 bits per heavy atom. The Hall–Kier alpha value is -1.78. The number of hydrogen-bond donors (Lipinski definition) is 4. The summed E-state index contributed by atoms with van der Waals surface area (Å²) in [5.41, 5.74) is -0.129. The van der Waals surface area contributed by atoms with E-state index in [1.165, 1.54) is 24.3 Å². The Morgan fingerprint density at radius 2 is 1.76 bits per heavy atom. The van der Waals surface area contributed by atoms with Crippen LogP contribution < -0.4 is 4.74 Å². The number of non-ortho nitro benzene ring substituents is 1.